The molecule has 1 aliphatic heterocycles. The first kappa shape index (κ1) is 22.1. The first-order chi connectivity index (χ1) is 15.6. The number of nitrogens with zero attached hydrogens (tertiary/aromatic N) is 3. The molecule has 2 heterocycles. The van der Waals surface area contributed by atoms with Crippen LogP contribution in [0.5, 0.6) is 11.5 Å². The van der Waals surface area contributed by atoms with Crippen molar-refractivity contribution < 1.29 is 18.8 Å². The second kappa shape index (κ2) is 10.0. The van der Waals surface area contributed by atoms with Crippen molar-refractivity contribution in [3.05, 3.63) is 53.4 Å². The highest BCUT2D eigenvalue weighted by atomic mass is 35.5. The topological polar surface area (TPSA) is 89.7 Å². The van der Waals surface area contributed by atoms with E-state index >= 15 is 0 Å². The van der Waals surface area contributed by atoms with Gasteiger partial charge < -0.3 is 19.3 Å². The Kier molecular flexibility index (Phi) is 6.92. The molecular weight excluding hydrogens is 432 g/mol. The Morgan fingerprint density at radius 2 is 2.03 bits per heavy atom. The number of ether oxygens (including phenoxy) is 2. The molecule has 4 rings (SSSR count). The van der Waals surface area contributed by atoms with Crippen LogP contribution in [0.4, 0.5) is 5.69 Å². The Bertz CT molecular complexity index is 1090. The average molecular weight is 457 g/mol. The SMILES string of the molecule is COc1ccc(NC(=O)C2CCCN(Cc3nc(-c4ccccc4Cl)no3)C2)cc1OC. The lowest BCUT2D eigenvalue weighted by molar-refractivity contribution is -0.121. The number of halogens is 1. The van der Waals surface area contributed by atoms with Crippen LogP contribution in [0.15, 0.2) is 47.0 Å². The summed E-state index contributed by atoms with van der Waals surface area (Å²) >= 11 is 6.22. The van der Waals surface area contributed by atoms with Gasteiger partial charge in [0.1, 0.15) is 0 Å². The third-order valence-electron chi connectivity index (χ3n) is 5.47. The summed E-state index contributed by atoms with van der Waals surface area (Å²) in [4.78, 5) is 19.5. The fourth-order valence-electron chi connectivity index (χ4n) is 3.83. The van der Waals surface area contributed by atoms with Crippen LogP contribution < -0.4 is 14.8 Å². The van der Waals surface area contributed by atoms with Crippen LogP contribution in [0.1, 0.15) is 18.7 Å². The van der Waals surface area contributed by atoms with E-state index < -0.39 is 0 Å². The molecule has 1 amide bonds. The third-order valence-corrected chi connectivity index (χ3v) is 5.80. The molecule has 1 unspecified atom stereocenters. The highest BCUT2D eigenvalue weighted by Crippen LogP contribution is 2.30. The van der Waals surface area contributed by atoms with Crippen molar-refractivity contribution >= 4 is 23.2 Å². The number of rotatable bonds is 7. The predicted molar refractivity (Wildman–Crippen MR) is 121 cm³/mol. The second-order valence-corrected chi connectivity index (χ2v) is 8.03. The number of benzene rings is 2. The van der Waals surface area contributed by atoms with Crippen LogP contribution in [0.2, 0.25) is 5.02 Å². The molecule has 2 aromatic carbocycles. The van der Waals surface area contributed by atoms with Gasteiger partial charge in [0.25, 0.3) is 0 Å². The zero-order valence-corrected chi connectivity index (χ0v) is 18.8. The van der Waals surface area contributed by atoms with Gasteiger partial charge >= 0.3 is 0 Å². The molecule has 0 saturated carbocycles. The maximum Gasteiger partial charge on any atom is 0.241 e. The van der Waals surface area contributed by atoms with E-state index in [1.54, 1.807) is 38.5 Å². The molecule has 0 spiro atoms. The van der Waals surface area contributed by atoms with Crippen LogP contribution in [-0.4, -0.2) is 48.3 Å². The summed E-state index contributed by atoms with van der Waals surface area (Å²) in [5.41, 5.74) is 1.40. The van der Waals surface area contributed by atoms with E-state index in [2.05, 4.69) is 20.4 Å². The predicted octanol–water partition coefficient (Wildman–Crippen LogP) is 4.26. The highest BCUT2D eigenvalue weighted by molar-refractivity contribution is 6.33. The fraction of sp³-hybridized carbons (Fsp3) is 0.348. The van der Waals surface area contributed by atoms with Crippen LogP contribution >= 0.6 is 11.6 Å². The van der Waals surface area contributed by atoms with E-state index in [4.69, 9.17) is 25.6 Å². The minimum absolute atomic E-state index is 0.0239. The van der Waals surface area contributed by atoms with Gasteiger partial charge in [0.2, 0.25) is 17.6 Å². The lowest BCUT2D eigenvalue weighted by Crippen LogP contribution is -2.40. The van der Waals surface area contributed by atoms with E-state index in [0.29, 0.717) is 47.0 Å². The number of likely N-dealkylation sites (tertiary alicyclic amines) is 1. The van der Waals surface area contributed by atoms with Crippen LogP contribution in [0, 0.1) is 5.92 Å². The van der Waals surface area contributed by atoms with Crippen molar-refractivity contribution in [2.75, 3.05) is 32.6 Å². The molecule has 8 nitrogen and oxygen atoms in total. The van der Waals surface area contributed by atoms with Gasteiger partial charge in [0.15, 0.2) is 11.5 Å². The Morgan fingerprint density at radius 3 is 2.81 bits per heavy atom. The molecular formula is C23H25ClN4O4. The lowest BCUT2D eigenvalue weighted by Gasteiger charge is -2.30. The van der Waals surface area contributed by atoms with Gasteiger partial charge in [0, 0.05) is 23.9 Å². The first-order valence-corrected chi connectivity index (χ1v) is 10.8. The van der Waals surface area contributed by atoms with Crippen molar-refractivity contribution in [3.8, 4) is 22.9 Å². The van der Waals surface area contributed by atoms with Crippen LogP contribution in [-0.2, 0) is 11.3 Å². The molecule has 9 heteroatoms. The zero-order valence-electron chi connectivity index (χ0n) is 18.0. The number of carbonyl (C=O) groups excluding carboxylic acids is 1. The van der Waals surface area contributed by atoms with E-state index in [0.717, 1.165) is 24.9 Å². The number of aromatic nitrogens is 2. The molecule has 1 aromatic heterocycles. The molecule has 0 bridgehead atoms. The normalized spacial score (nSPS) is 16.5. The molecule has 168 valence electrons. The van der Waals surface area contributed by atoms with Crippen molar-refractivity contribution in [1.29, 1.82) is 0 Å². The Morgan fingerprint density at radius 1 is 1.22 bits per heavy atom. The molecule has 0 aliphatic carbocycles. The third kappa shape index (κ3) is 5.03. The smallest absolute Gasteiger partial charge is 0.241 e. The summed E-state index contributed by atoms with van der Waals surface area (Å²) in [7, 11) is 3.14. The van der Waals surface area contributed by atoms with E-state index in [-0.39, 0.29) is 11.8 Å². The van der Waals surface area contributed by atoms with Crippen molar-refractivity contribution in [1.82, 2.24) is 15.0 Å². The summed E-state index contributed by atoms with van der Waals surface area (Å²) in [6.07, 6.45) is 1.74. The van der Waals surface area contributed by atoms with Gasteiger partial charge in [-0.15, -0.1) is 0 Å². The quantitative estimate of drug-likeness (QED) is 0.568. The fourth-order valence-corrected chi connectivity index (χ4v) is 4.05. The summed E-state index contributed by atoms with van der Waals surface area (Å²) in [5.74, 6) is 1.99. The number of nitrogens with one attached hydrogen (secondary N) is 1. The monoisotopic (exact) mass is 456 g/mol. The molecule has 1 aliphatic rings. The number of anilines is 1. The highest BCUT2D eigenvalue weighted by Gasteiger charge is 2.27. The van der Waals surface area contributed by atoms with Gasteiger partial charge in [-0.1, -0.05) is 28.9 Å². The summed E-state index contributed by atoms with van der Waals surface area (Å²) in [6.45, 7) is 1.96. The standard InChI is InChI=1S/C23H25ClN4O4/c1-30-19-10-9-16(12-20(19)31-2)25-23(29)15-6-5-11-28(13-15)14-21-26-22(27-32-21)17-7-3-4-8-18(17)24/h3-4,7-10,12,15H,5-6,11,13-14H2,1-2H3,(H,25,29). The lowest BCUT2D eigenvalue weighted by atomic mass is 9.97. The molecule has 1 saturated heterocycles. The number of hydrogen-bond acceptors (Lipinski definition) is 7. The minimum Gasteiger partial charge on any atom is -0.493 e. The van der Waals surface area contributed by atoms with Crippen LogP contribution in [0.25, 0.3) is 11.4 Å². The molecule has 32 heavy (non-hydrogen) atoms. The van der Waals surface area contributed by atoms with Gasteiger partial charge in [-0.25, -0.2) is 0 Å². The van der Waals surface area contributed by atoms with Crippen LogP contribution in [0.3, 0.4) is 0 Å². The van der Waals surface area contributed by atoms with E-state index in [1.807, 2.05) is 18.2 Å². The molecule has 1 atom stereocenters. The number of methoxy groups -OCH3 is 2. The minimum atomic E-state index is -0.136. The summed E-state index contributed by atoms with van der Waals surface area (Å²) in [5, 5.41) is 7.62. The maximum absolute atomic E-state index is 12.9. The molecule has 1 N–H and O–H groups in total. The van der Waals surface area contributed by atoms with Crippen molar-refractivity contribution in [3.63, 3.8) is 0 Å². The zero-order chi connectivity index (χ0) is 22.5. The largest absolute Gasteiger partial charge is 0.493 e. The summed E-state index contributed by atoms with van der Waals surface area (Å²) < 4.78 is 16.0. The van der Waals surface area contributed by atoms with Gasteiger partial charge in [-0.2, -0.15) is 4.98 Å². The number of amides is 1. The Hall–Kier alpha value is -3.10. The summed E-state index contributed by atoms with van der Waals surface area (Å²) in [6, 6.07) is 12.7. The number of piperidine rings is 1. The first-order valence-electron chi connectivity index (χ1n) is 10.4. The van der Waals surface area contributed by atoms with Crippen molar-refractivity contribution in [2.24, 2.45) is 5.92 Å². The number of carbonyl (C=O) groups is 1. The van der Waals surface area contributed by atoms with Gasteiger partial charge in [0.05, 0.1) is 31.7 Å². The Balaban J connectivity index is 1.37. The van der Waals surface area contributed by atoms with Gasteiger partial charge in [-0.3, -0.25) is 9.69 Å². The van der Waals surface area contributed by atoms with Gasteiger partial charge in [-0.05, 0) is 43.7 Å². The second-order valence-electron chi connectivity index (χ2n) is 7.62. The maximum atomic E-state index is 12.9. The molecule has 3 aromatic rings. The Labute approximate surface area is 191 Å². The molecule has 0 radical (unpaired) electrons. The van der Waals surface area contributed by atoms with Crippen molar-refractivity contribution in [2.45, 2.75) is 19.4 Å². The van der Waals surface area contributed by atoms with E-state index in [1.165, 1.54) is 0 Å². The average Bonchev–Trinajstić information content (AvgIpc) is 3.27. The van der Waals surface area contributed by atoms with E-state index in [9.17, 15) is 4.79 Å². The number of hydrogen-bond donors (Lipinski definition) is 1. The molecule has 1 fully saturated rings.